The van der Waals surface area contributed by atoms with E-state index in [1.807, 2.05) is 41.3 Å². The lowest BCUT2D eigenvalue weighted by Crippen LogP contribution is -2.32. The summed E-state index contributed by atoms with van der Waals surface area (Å²) in [4.78, 5) is 14.8. The van der Waals surface area contributed by atoms with E-state index < -0.39 is 0 Å². The van der Waals surface area contributed by atoms with E-state index in [0.717, 1.165) is 24.1 Å². The molecule has 1 aliphatic carbocycles. The van der Waals surface area contributed by atoms with Crippen molar-refractivity contribution in [3.63, 3.8) is 0 Å². The van der Waals surface area contributed by atoms with Crippen molar-refractivity contribution in [2.45, 2.75) is 25.4 Å². The van der Waals surface area contributed by atoms with Crippen LogP contribution in [0.25, 0.3) is 5.69 Å². The lowest BCUT2D eigenvalue weighted by atomic mass is 10.2. The molecule has 4 rings (SSSR count). The first kappa shape index (κ1) is 15.6. The van der Waals surface area contributed by atoms with Crippen LogP contribution in [0.15, 0.2) is 67.0 Å². The topological polar surface area (TPSA) is 38.1 Å². The highest BCUT2D eigenvalue weighted by atomic mass is 19.1. The molecule has 0 aliphatic heterocycles. The Morgan fingerprint density at radius 1 is 1.16 bits per heavy atom. The zero-order valence-corrected chi connectivity index (χ0v) is 13.7. The number of carbonyl (C=O) groups is 1. The van der Waals surface area contributed by atoms with Gasteiger partial charge in [-0.05, 0) is 42.7 Å². The lowest BCUT2D eigenvalue weighted by Gasteiger charge is -2.22. The number of benzene rings is 2. The molecule has 0 spiro atoms. The predicted octanol–water partition coefficient (Wildman–Crippen LogP) is 3.82. The maximum absolute atomic E-state index is 13.4. The van der Waals surface area contributed by atoms with Gasteiger partial charge in [0.05, 0.1) is 17.4 Å². The molecular formula is C20H18FN3O. The van der Waals surface area contributed by atoms with E-state index in [2.05, 4.69) is 5.10 Å². The molecule has 1 aromatic heterocycles. The molecule has 1 fully saturated rings. The Hall–Kier alpha value is -2.95. The van der Waals surface area contributed by atoms with Gasteiger partial charge in [0.2, 0.25) is 0 Å². The molecule has 2 aromatic carbocycles. The summed E-state index contributed by atoms with van der Waals surface area (Å²) < 4.78 is 15.1. The first-order valence-electron chi connectivity index (χ1n) is 8.36. The normalized spacial score (nSPS) is 13.6. The third-order valence-electron chi connectivity index (χ3n) is 4.34. The van der Waals surface area contributed by atoms with Crippen LogP contribution >= 0.6 is 0 Å². The van der Waals surface area contributed by atoms with E-state index in [9.17, 15) is 9.18 Å². The quantitative estimate of drug-likeness (QED) is 0.711. The Balaban J connectivity index is 1.56. The van der Waals surface area contributed by atoms with Crippen molar-refractivity contribution in [1.82, 2.24) is 14.7 Å². The Bertz CT molecular complexity index is 887. The van der Waals surface area contributed by atoms with Crippen molar-refractivity contribution < 1.29 is 9.18 Å². The van der Waals surface area contributed by atoms with Gasteiger partial charge in [0.1, 0.15) is 5.82 Å². The molecule has 1 aliphatic rings. The van der Waals surface area contributed by atoms with Crippen molar-refractivity contribution >= 4 is 5.91 Å². The minimum atomic E-state index is -0.280. The summed E-state index contributed by atoms with van der Waals surface area (Å²) in [6, 6.07) is 16.3. The predicted molar refractivity (Wildman–Crippen MR) is 92.9 cm³/mol. The fourth-order valence-corrected chi connectivity index (χ4v) is 2.91. The van der Waals surface area contributed by atoms with Crippen LogP contribution in [0.1, 0.15) is 28.8 Å². The fraction of sp³-hybridized carbons (Fsp3) is 0.200. The zero-order valence-electron chi connectivity index (χ0n) is 13.7. The third-order valence-corrected chi connectivity index (χ3v) is 4.34. The van der Waals surface area contributed by atoms with Crippen LogP contribution in [0.3, 0.4) is 0 Å². The molecule has 0 saturated heterocycles. The zero-order chi connectivity index (χ0) is 17.2. The van der Waals surface area contributed by atoms with Crippen molar-refractivity contribution in [2.24, 2.45) is 0 Å². The highest BCUT2D eigenvalue weighted by Crippen LogP contribution is 2.30. The molecule has 4 nitrogen and oxygen atoms in total. The Labute approximate surface area is 145 Å². The van der Waals surface area contributed by atoms with E-state index in [-0.39, 0.29) is 17.8 Å². The number of hydrogen-bond donors (Lipinski definition) is 0. The SMILES string of the molecule is O=C(c1cnn(-c2ccccc2)c1)N(Cc1cccc(F)c1)C1CC1. The number of halogens is 1. The number of amides is 1. The van der Waals surface area contributed by atoms with Crippen LogP contribution < -0.4 is 0 Å². The number of carbonyl (C=O) groups excluding carboxylic acids is 1. The van der Waals surface area contributed by atoms with Gasteiger partial charge in [0, 0.05) is 18.8 Å². The molecule has 0 unspecified atom stereocenters. The second kappa shape index (κ2) is 6.51. The van der Waals surface area contributed by atoms with Crippen molar-refractivity contribution in [3.05, 3.63) is 83.9 Å². The lowest BCUT2D eigenvalue weighted by molar-refractivity contribution is 0.0729. The van der Waals surface area contributed by atoms with E-state index in [0.29, 0.717) is 12.1 Å². The van der Waals surface area contributed by atoms with Gasteiger partial charge in [-0.15, -0.1) is 0 Å². The molecule has 5 heteroatoms. The first-order chi connectivity index (χ1) is 12.2. The molecule has 1 heterocycles. The standard InChI is InChI=1S/C20H18FN3O/c21-17-6-4-5-15(11-17)13-23(18-9-10-18)20(25)16-12-22-24(14-16)19-7-2-1-3-8-19/h1-8,11-12,14,18H,9-10,13H2. The molecule has 0 radical (unpaired) electrons. The van der Waals surface area contributed by atoms with Crippen LogP contribution in [0.2, 0.25) is 0 Å². The maximum Gasteiger partial charge on any atom is 0.257 e. The van der Waals surface area contributed by atoms with Crippen molar-refractivity contribution in [3.8, 4) is 5.69 Å². The summed E-state index contributed by atoms with van der Waals surface area (Å²) in [6.45, 7) is 0.414. The largest absolute Gasteiger partial charge is 0.331 e. The molecule has 3 aromatic rings. The Morgan fingerprint density at radius 2 is 1.96 bits per heavy atom. The van der Waals surface area contributed by atoms with Gasteiger partial charge in [-0.3, -0.25) is 4.79 Å². The van der Waals surface area contributed by atoms with E-state index in [1.54, 1.807) is 23.1 Å². The smallest absolute Gasteiger partial charge is 0.257 e. The van der Waals surface area contributed by atoms with Crippen LogP contribution in [0, 0.1) is 5.82 Å². The monoisotopic (exact) mass is 335 g/mol. The average Bonchev–Trinajstić information content (AvgIpc) is 3.35. The summed E-state index contributed by atoms with van der Waals surface area (Å²) in [5.74, 6) is -0.341. The van der Waals surface area contributed by atoms with Gasteiger partial charge >= 0.3 is 0 Å². The van der Waals surface area contributed by atoms with E-state index in [4.69, 9.17) is 0 Å². The Morgan fingerprint density at radius 3 is 2.68 bits per heavy atom. The van der Waals surface area contributed by atoms with Gasteiger partial charge in [-0.1, -0.05) is 30.3 Å². The Kier molecular flexibility index (Phi) is 4.06. The molecule has 1 saturated carbocycles. The summed E-state index contributed by atoms with van der Waals surface area (Å²) in [5.41, 5.74) is 2.26. The minimum absolute atomic E-state index is 0.0612. The summed E-state index contributed by atoms with van der Waals surface area (Å²) in [5, 5.41) is 4.30. The molecule has 0 bridgehead atoms. The first-order valence-corrected chi connectivity index (χ1v) is 8.36. The third kappa shape index (κ3) is 3.45. The highest BCUT2D eigenvalue weighted by molar-refractivity contribution is 5.94. The second-order valence-electron chi connectivity index (χ2n) is 6.30. The number of nitrogens with zero attached hydrogens (tertiary/aromatic N) is 3. The van der Waals surface area contributed by atoms with Crippen LogP contribution in [0.4, 0.5) is 4.39 Å². The van der Waals surface area contributed by atoms with E-state index in [1.165, 1.54) is 12.1 Å². The summed E-state index contributed by atoms with van der Waals surface area (Å²) in [6.07, 6.45) is 5.33. The van der Waals surface area contributed by atoms with Crippen LogP contribution in [-0.2, 0) is 6.54 Å². The van der Waals surface area contributed by atoms with Gasteiger partial charge in [-0.25, -0.2) is 9.07 Å². The summed E-state index contributed by atoms with van der Waals surface area (Å²) in [7, 11) is 0. The maximum atomic E-state index is 13.4. The summed E-state index contributed by atoms with van der Waals surface area (Å²) >= 11 is 0. The average molecular weight is 335 g/mol. The second-order valence-corrected chi connectivity index (χ2v) is 6.30. The van der Waals surface area contributed by atoms with Gasteiger partial charge in [-0.2, -0.15) is 5.10 Å². The van der Waals surface area contributed by atoms with Gasteiger partial charge < -0.3 is 4.90 Å². The van der Waals surface area contributed by atoms with Crippen LogP contribution in [-0.4, -0.2) is 26.6 Å². The molecule has 1 amide bonds. The molecular weight excluding hydrogens is 317 g/mol. The fourth-order valence-electron chi connectivity index (χ4n) is 2.91. The highest BCUT2D eigenvalue weighted by Gasteiger charge is 2.33. The molecule has 0 atom stereocenters. The van der Waals surface area contributed by atoms with Crippen LogP contribution in [0.5, 0.6) is 0 Å². The molecule has 25 heavy (non-hydrogen) atoms. The van der Waals surface area contributed by atoms with Gasteiger partial charge in [0.25, 0.3) is 5.91 Å². The van der Waals surface area contributed by atoms with Crippen molar-refractivity contribution in [2.75, 3.05) is 0 Å². The molecule has 126 valence electrons. The number of para-hydroxylation sites is 1. The van der Waals surface area contributed by atoms with Crippen molar-refractivity contribution in [1.29, 1.82) is 0 Å². The van der Waals surface area contributed by atoms with Gasteiger partial charge in [0.15, 0.2) is 0 Å². The number of rotatable bonds is 5. The molecule has 0 N–H and O–H groups in total. The number of aromatic nitrogens is 2. The minimum Gasteiger partial charge on any atom is -0.331 e. The number of hydrogen-bond acceptors (Lipinski definition) is 2. The van der Waals surface area contributed by atoms with E-state index >= 15 is 0 Å².